The fraction of sp³-hybridized carbons (Fsp3) is 0.333. The predicted molar refractivity (Wildman–Crippen MR) is 62.2 cm³/mol. The lowest BCUT2D eigenvalue weighted by molar-refractivity contribution is -0.143. The van der Waals surface area contributed by atoms with Crippen molar-refractivity contribution in [2.75, 3.05) is 0 Å². The number of hydrogen-bond donors (Lipinski definition) is 1. The monoisotopic (exact) mass is 244 g/mol. The first-order valence-corrected chi connectivity index (χ1v) is 5.73. The molecule has 0 aliphatic heterocycles. The fourth-order valence-electron chi connectivity index (χ4n) is 1.99. The van der Waals surface area contributed by atoms with Gasteiger partial charge in [-0.25, -0.2) is 14.6 Å². The normalized spacial score (nSPS) is 16.4. The Morgan fingerprint density at radius 2 is 2.28 bits per heavy atom. The quantitative estimate of drug-likeness (QED) is 0.870. The molecule has 0 amide bonds. The van der Waals surface area contributed by atoms with Crippen LogP contribution in [0.2, 0.25) is 0 Å². The van der Waals surface area contributed by atoms with Crippen molar-refractivity contribution in [2.45, 2.75) is 19.3 Å². The highest BCUT2D eigenvalue weighted by Crippen LogP contribution is 2.48. The van der Waals surface area contributed by atoms with Gasteiger partial charge in [-0.3, -0.25) is 4.79 Å². The molecule has 1 aliphatic carbocycles. The maximum Gasteiger partial charge on any atom is 0.309 e. The molecule has 0 atom stereocenters. The summed E-state index contributed by atoms with van der Waals surface area (Å²) in [5.41, 5.74) is 0.398. The number of carbonyl (C=O) groups is 1. The highest BCUT2D eigenvalue weighted by atomic mass is 16.4. The molecule has 1 fully saturated rings. The molecule has 2 aromatic heterocycles. The van der Waals surface area contributed by atoms with Crippen LogP contribution < -0.4 is 0 Å². The van der Waals surface area contributed by atoms with E-state index in [0.717, 1.165) is 18.4 Å². The summed E-state index contributed by atoms with van der Waals surface area (Å²) in [6.45, 7) is 0. The van der Waals surface area contributed by atoms with Crippen molar-refractivity contribution < 1.29 is 9.90 Å². The Morgan fingerprint density at radius 1 is 1.44 bits per heavy atom. The molecule has 0 saturated heterocycles. The van der Waals surface area contributed by atoms with E-state index >= 15 is 0 Å². The van der Waals surface area contributed by atoms with Gasteiger partial charge in [0.2, 0.25) is 0 Å². The molecule has 0 aromatic carbocycles. The van der Waals surface area contributed by atoms with Gasteiger partial charge in [-0.2, -0.15) is 5.10 Å². The summed E-state index contributed by atoms with van der Waals surface area (Å²) in [7, 11) is 0. The van der Waals surface area contributed by atoms with Crippen molar-refractivity contribution in [3.8, 4) is 5.82 Å². The molecular weight excluding hydrogens is 232 g/mol. The largest absolute Gasteiger partial charge is 0.481 e. The van der Waals surface area contributed by atoms with Crippen LogP contribution in [0.15, 0.2) is 31.0 Å². The number of nitrogens with zero attached hydrogens (tertiary/aromatic N) is 4. The van der Waals surface area contributed by atoms with Gasteiger partial charge < -0.3 is 5.11 Å². The van der Waals surface area contributed by atoms with E-state index in [4.69, 9.17) is 5.11 Å². The molecule has 0 bridgehead atoms. The lowest BCUT2D eigenvalue weighted by Crippen LogP contribution is -2.17. The van der Waals surface area contributed by atoms with Gasteiger partial charge in [-0.05, 0) is 30.9 Å². The van der Waals surface area contributed by atoms with Gasteiger partial charge in [-0.15, -0.1) is 0 Å². The molecule has 1 N–H and O–H groups in total. The van der Waals surface area contributed by atoms with Gasteiger partial charge >= 0.3 is 5.97 Å². The van der Waals surface area contributed by atoms with Crippen LogP contribution in [0, 0.1) is 5.41 Å². The average Bonchev–Trinajstić information content (AvgIpc) is 2.95. The average molecular weight is 244 g/mol. The Labute approximate surface area is 103 Å². The minimum absolute atomic E-state index is 0.545. The fourth-order valence-corrected chi connectivity index (χ4v) is 1.99. The molecule has 1 aliphatic rings. The molecule has 18 heavy (non-hydrogen) atoms. The Morgan fingerprint density at radius 3 is 2.78 bits per heavy atom. The van der Waals surface area contributed by atoms with Crippen molar-refractivity contribution in [3.05, 3.63) is 36.5 Å². The highest BCUT2D eigenvalue weighted by molar-refractivity contribution is 5.78. The molecule has 6 nitrogen and oxygen atoms in total. The number of hydrogen-bond acceptors (Lipinski definition) is 4. The van der Waals surface area contributed by atoms with Crippen molar-refractivity contribution >= 4 is 5.97 Å². The zero-order chi connectivity index (χ0) is 12.6. The third-order valence-corrected chi connectivity index (χ3v) is 3.31. The zero-order valence-electron chi connectivity index (χ0n) is 9.65. The maximum atomic E-state index is 11.1. The Bertz CT molecular complexity index is 558. The standard InChI is InChI=1S/C12H12N4O2/c17-11(18)12(3-4-12)5-9-1-2-10(14-6-9)16-8-13-7-15-16/h1-2,6-8H,3-5H2,(H,17,18). The van der Waals surface area contributed by atoms with Crippen LogP contribution in [0.5, 0.6) is 0 Å². The number of carboxylic acid groups (broad SMARTS) is 1. The molecule has 1 saturated carbocycles. The molecule has 6 heteroatoms. The predicted octanol–water partition coefficient (Wildman–Crippen LogP) is 1.07. The van der Waals surface area contributed by atoms with Gasteiger partial charge in [0.15, 0.2) is 5.82 Å². The van der Waals surface area contributed by atoms with E-state index in [1.807, 2.05) is 12.1 Å². The van der Waals surface area contributed by atoms with Crippen LogP contribution in [-0.4, -0.2) is 30.8 Å². The van der Waals surface area contributed by atoms with E-state index in [1.165, 1.54) is 6.33 Å². The maximum absolute atomic E-state index is 11.1. The molecule has 0 radical (unpaired) electrons. The number of aliphatic carboxylic acids is 1. The van der Waals surface area contributed by atoms with Crippen molar-refractivity contribution in [2.24, 2.45) is 5.41 Å². The topological polar surface area (TPSA) is 80.9 Å². The third kappa shape index (κ3) is 1.85. The molecule has 92 valence electrons. The van der Waals surface area contributed by atoms with Crippen LogP contribution in [0.4, 0.5) is 0 Å². The smallest absolute Gasteiger partial charge is 0.309 e. The van der Waals surface area contributed by atoms with Crippen LogP contribution in [0.25, 0.3) is 5.82 Å². The van der Waals surface area contributed by atoms with E-state index < -0.39 is 11.4 Å². The second-order valence-corrected chi connectivity index (χ2v) is 4.63. The van der Waals surface area contributed by atoms with Crippen LogP contribution >= 0.6 is 0 Å². The molecule has 0 spiro atoms. The first-order chi connectivity index (χ1) is 8.70. The van der Waals surface area contributed by atoms with Crippen molar-refractivity contribution in [1.82, 2.24) is 19.7 Å². The Balaban J connectivity index is 1.78. The number of carboxylic acids is 1. The second kappa shape index (κ2) is 3.90. The number of pyridine rings is 1. The minimum Gasteiger partial charge on any atom is -0.481 e. The summed E-state index contributed by atoms with van der Waals surface area (Å²) in [5.74, 6) is -0.0284. The van der Waals surface area contributed by atoms with Crippen LogP contribution in [0.3, 0.4) is 0 Å². The lowest BCUT2D eigenvalue weighted by atomic mass is 9.98. The summed E-state index contributed by atoms with van der Waals surface area (Å²) < 4.78 is 1.56. The van der Waals surface area contributed by atoms with Gasteiger partial charge in [0, 0.05) is 6.20 Å². The number of rotatable bonds is 4. The summed E-state index contributed by atoms with van der Waals surface area (Å²) in [4.78, 5) is 19.2. The van der Waals surface area contributed by atoms with E-state index in [1.54, 1.807) is 17.2 Å². The number of aromatic nitrogens is 4. The Kier molecular flexibility index (Phi) is 2.36. The molecule has 3 rings (SSSR count). The van der Waals surface area contributed by atoms with Gasteiger partial charge in [0.05, 0.1) is 5.41 Å². The third-order valence-electron chi connectivity index (χ3n) is 3.31. The lowest BCUT2D eigenvalue weighted by Gasteiger charge is -2.09. The van der Waals surface area contributed by atoms with Crippen molar-refractivity contribution in [3.63, 3.8) is 0 Å². The van der Waals surface area contributed by atoms with E-state index in [-0.39, 0.29) is 0 Å². The zero-order valence-corrected chi connectivity index (χ0v) is 9.65. The SMILES string of the molecule is O=C(O)C1(Cc2ccc(-n3cncn3)nc2)CC1. The summed E-state index contributed by atoms with van der Waals surface area (Å²) >= 11 is 0. The first kappa shape index (κ1) is 10.9. The summed E-state index contributed by atoms with van der Waals surface area (Å²) in [6, 6.07) is 3.72. The first-order valence-electron chi connectivity index (χ1n) is 5.73. The summed E-state index contributed by atoms with van der Waals surface area (Å²) in [5, 5.41) is 13.1. The van der Waals surface area contributed by atoms with E-state index in [0.29, 0.717) is 12.2 Å². The second-order valence-electron chi connectivity index (χ2n) is 4.63. The van der Waals surface area contributed by atoms with Gasteiger partial charge in [0.1, 0.15) is 12.7 Å². The summed E-state index contributed by atoms with van der Waals surface area (Å²) in [6.07, 6.45) is 6.79. The van der Waals surface area contributed by atoms with Crippen LogP contribution in [0.1, 0.15) is 18.4 Å². The van der Waals surface area contributed by atoms with Crippen molar-refractivity contribution in [1.29, 1.82) is 0 Å². The molecular formula is C12H12N4O2. The minimum atomic E-state index is -0.706. The highest BCUT2D eigenvalue weighted by Gasteiger charge is 2.49. The van der Waals surface area contributed by atoms with E-state index in [9.17, 15) is 4.79 Å². The van der Waals surface area contributed by atoms with Gasteiger partial charge in [-0.1, -0.05) is 6.07 Å². The van der Waals surface area contributed by atoms with E-state index in [2.05, 4.69) is 15.1 Å². The Hall–Kier alpha value is -2.24. The molecule has 2 aromatic rings. The van der Waals surface area contributed by atoms with Gasteiger partial charge in [0.25, 0.3) is 0 Å². The molecule has 2 heterocycles. The molecule has 0 unspecified atom stereocenters. The van der Waals surface area contributed by atoms with Crippen LogP contribution in [-0.2, 0) is 11.2 Å².